The molecular weight excluding hydrogens is 253 g/mol. The van der Waals surface area contributed by atoms with E-state index in [1.54, 1.807) is 0 Å². The topological polar surface area (TPSA) is 0 Å². The Morgan fingerprint density at radius 3 is 1.06 bits per heavy atom. The molecule has 0 bridgehead atoms. The zero-order valence-corrected chi connectivity index (χ0v) is 14.4. The predicted octanol–water partition coefficient (Wildman–Crippen LogP) is 4.93. The van der Waals surface area contributed by atoms with Crippen molar-refractivity contribution in [2.45, 2.75) is 90.0 Å². The molecule has 0 spiro atoms. The number of hydrogen-bond donors (Lipinski definition) is 0. The molecule has 0 aromatic rings. The van der Waals surface area contributed by atoms with E-state index >= 15 is 0 Å². The van der Waals surface area contributed by atoms with Gasteiger partial charge in [-0.2, -0.15) is 0 Å². The maximum Gasteiger partial charge on any atom is 0.00279 e. The highest BCUT2D eigenvalue weighted by atomic mass is 28.1. The van der Waals surface area contributed by atoms with E-state index in [0.29, 0.717) is 0 Å². The maximum atomic E-state index is 2.29. The van der Waals surface area contributed by atoms with Gasteiger partial charge in [0.05, 0.1) is 0 Å². The van der Waals surface area contributed by atoms with Crippen molar-refractivity contribution in [3.8, 4) is 0 Å². The minimum absolute atomic E-state index is 0. The Morgan fingerprint density at radius 1 is 0.500 bits per heavy atom. The monoisotopic (exact) mass is 288 g/mol. The van der Waals surface area contributed by atoms with Gasteiger partial charge >= 0.3 is 0 Å². The van der Waals surface area contributed by atoms with Crippen LogP contribution in [0.15, 0.2) is 0 Å². The van der Waals surface area contributed by atoms with Crippen LogP contribution >= 0.6 is 0 Å². The van der Waals surface area contributed by atoms with Crippen molar-refractivity contribution in [3.63, 3.8) is 0 Å². The van der Waals surface area contributed by atoms with Crippen molar-refractivity contribution in [2.75, 3.05) is 0 Å². The second-order valence-electron chi connectivity index (χ2n) is 4.89. The van der Waals surface area contributed by atoms with E-state index in [1.165, 1.54) is 93.3 Å². The summed E-state index contributed by atoms with van der Waals surface area (Å²) in [5.74, 6) is 0. The second kappa shape index (κ2) is 25.8. The van der Waals surface area contributed by atoms with Crippen LogP contribution in [0.5, 0.6) is 0 Å². The van der Waals surface area contributed by atoms with Gasteiger partial charge in [-0.05, 0) is 0 Å². The van der Waals surface area contributed by atoms with Crippen LogP contribution < -0.4 is 0 Å². The summed E-state index contributed by atoms with van der Waals surface area (Å²) in [6.45, 7) is 2.29. The Morgan fingerprint density at radius 2 is 0.778 bits per heavy atom. The van der Waals surface area contributed by atoms with Crippen LogP contribution in [0.3, 0.4) is 0 Å². The minimum Gasteiger partial charge on any atom is -0.269 e. The maximum absolute atomic E-state index is 2.29. The van der Waals surface area contributed by atoms with Crippen molar-refractivity contribution >= 4 is 10.2 Å². The molecule has 0 heterocycles. The molecule has 0 aliphatic rings. The fourth-order valence-electron chi connectivity index (χ4n) is 2.09. The first kappa shape index (κ1) is 26.5. The smallest absolute Gasteiger partial charge is 0.00279 e. The summed E-state index contributed by atoms with van der Waals surface area (Å²) in [5.41, 5.74) is 0. The molecule has 0 aliphatic heterocycles. The molecule has 0 atom stereocenters. The lowest BCUT2D eigenvalue weighted by atomic mass is 10.1. The lowest BCUT2D eigenvalue weighted by molar-refractivity contribution is 0.548. The van der Waals surface area contributed by atoms with Crippen molar-refractivity contribution < 1.29 is 14.1 Å². The zero-order valence-electron chi connectivity index (χ0n) is 12.4. The summed E-state index contributed by atoms with van der Waals surface area (Å²) in [6.07, 6.45) is 17.7. The minimum atomic E-state index is 0. The third-order valence-electron chi connectivity index (χ3n) is 3.21. The van der Waals surface area contributed by atoms with Crippen LogP contribution in [0, 0.1) is 0 Å². The van der Waals surface area contributed by atoms with Crippen LogP contribution in [-0.4, -0.2) is 10.2 Å². The number of hydrogen-bond acceptors (Lipinski definition) is 0. The van der Waals surface area contributed by atoms with E-state index in [4.69, 9.17) is 0 Å². The van der Waals surface area contributed by atoms with Gasteiger partial charge in [0.1, 0.15) is 0 Å². The molecule has 0 aliphatic carbocycles. The molecule has 0 aromatic carbocycles. The highest BCUT2D eigenvalue weighted by Crippen LogP contribution is 2.11. The molecule has 0 aromatic heterocycles. The van der Waals surface area contributed by atoms with Gasteiger partial charge in [-0.25, -0.2) is 0 Å². The summed E-state index contributed by atoms with van der Waals surface area (Å²) < 4.78 is 0. The van der Waals surface area contributed by atoms with E-state index in [-0.39, 0.29) is 14.1 Å². The number of unbranched alkanes of at least 4 members (excludes halogenated alkanes) is 11. The molecule has 4 heteroatoms. The molecule has 116 valence electrons. The lowest BCUT2D eigenvalue weighted by Crippen LogP contribution is -1.82. The van der Waals surface area contributed by atoms with Crippen molar-refractivity contribution in [2.24, 2.45) is 0 Å². The summed E-state index contributed by atoms with van der Waals surface area (Å²) in [5, 5.41) is 0. The van der Waals surface area contributed by atoms with E-state index in [0.717, 1.165) is 0 Å². The average Bonchev–Trinajstić information content (AvgIpc) is 2.26. The molecule has 0 fully saturated rings. The summed E-state index contributed by atoms with van der Waals surface area (Å²) in [4.78, 5) is 0. The van der Waals surface area contributed by atoms with Crippen LogP contribution in [0.4, 0.5) is 14.1 Å². The van der Waals surface area contributed by atoms with E-state index in [1.807, 2.05) is 0 Å². The van der Waals surface area contributed by atoms with Gasteiger partial charge in [-0.3, -0.25) is 14.1 Å². The van der Waals surface area contributed by atoms with Gasteiger partial charge in [0.2, 0.25) is 0 Å². The molecule has 0 unspecified atom stereocenters. The predicted molar refractivity (Wildman–Crippen MR) is 83.3 cm³/mol. The van der Waals surface area contributed by atoms with Crippen LogP contribution in [0.1, 0.15) is 84.0 Å². The van der Waals surface area contributed by atoms with Crippen molar-refractivity contribution in [1.29, 1.82) is 0 Å². The Labute approximate surface area is 115 Å². The Balaban J connectivity index is -0.000000327. The second-order valence-corrected chi connectivity index (χ2v) is 5.89. The molecule has 18 heavy (non-hydrogen) atoms. The highest BCUT2D eigenvalue weighted by molar-refractivity contribution is 6.08. The van der Waals surface area contributed by atoms with Gasteiger partial charge in [0, 0.05) is 10.2 Å². The molecular formula is C14H35F3Si. The van der Waals surface area contributed by atoms with Crippen LogP contribution in [0.2, 0.25) is 6.04 Å². The Kier molecular flexibility index (Phi) is 38.0. The summed E-state index contributed by atoms with van der Waals surface area (Å²) >= 11 is 0. The standard InChI is InChI=1S/C14H32Si.3FH/c1-2-3-4-5-6-7-8-9-10-11-12-13-14-15;;;/h2-14H2,1,15H3;3*1H. The Bertz CT molecular complexity index is 101. The fraction of sp³-hybridized carbons (Fsp3) is 1.00. The molecule has 0 rings (SSSR count). The third kappa shape index (κ3) is 25.0. The van der Waals surface area contributed by atoms with Crippen LogP contribution in [0.25, 0.3) is 0 Å². The SMILES string of the molecule is CCCCCCCCCCCCCC[SiH3].F.F.F. The first-order valence-corrected chi connectivity index (χ1v) is 8.83. The van der Waals surface area contributed by atoms with Gasteiger partial charge < -0.3 is 0 Å². The van der Waals surface area contributed by atoms with Crippen LogP contribution in [-0.2, 0) is 0 Å². The van der Waals surface area contributed by atoms with E-state index in [2.05, 4.69) is 6.92 Å². The fourth-order valence-corrected chi connectivity index (χ4v) is 2.59. The Hall–Kier alpha value is 0.00688. The number of rotatable bonds is 12. The number of halogens is 3. The summed E-state index contributed by atoms with van der Waals surface area (Å²) in [7, 11) is 1.41. The average molecular weight is 289 g/mol. The third-order valence-corrected chi connectivity index (χ3v) is 3.91. The molecule has 0 saturated carbocycles. The molecule has 0 nitrogen and oxygen atoms in total. The molecule has 0 saturated heterocycles. The molecule has 0 radical (unpaired) electrons. The first-order valence-electron chi connectivity index (χ1n) is 7.41. The van der Waals surface area contributed by atoms with Crippen molar-refractivity contribution in [1.82, 2.24) is 0 Å². The van der Waals surface area contributed by atoms with Gasteiger partial charge in [0.25, 0.3) is 0 Å². The summed E-state index contributed by atoms with van der Waals surface area (Å²) in [6, 6.07) is 1.51. The normalized spacial score (nSPS) is 9.17. The molecule has 0 amide bonds. The first-order chi connectivity index (χ1) is 7.41. The van der Waals surface area contributed by atoms with Gasteiger partial charge in [-0.15, -0.1) is 0 Å². The van der Waals surface area contributed by atoms with Gasteiger partial charge in [0.15, 0.2) is 0 Å². The van der Waals surface area contributed by atoms with Crippen molar-refractivity contribution in [3.05, 3.63) is 0 Å². The lowest BCUT2D eigenvalue weighted by Gasteiger charge is -2.01. The van der Waals surface area contributed by atoms with Gasteiger partial charge in [-0.1, -0.05) is 90.0 Å². The largest absolute Gasteiger partial charge is 0.269 e. The van der Waals surface area contributed by atoms with E-state index in [9.17, 15) is 0 Å². The molecule has 0 N–H and O–H groups in total. The van der Waals surface area contributed by atoms with E-state index < -0.39 is 0 Å². The highest BCUT2D eigenvalue weighted by Gasteiger charge is 1.92. The quantitative estimate of drug-likeness (QED) is 0.353. The zero-order chi connectivity index (χ0) is 11.2.